The molecule has 9 heteroatoms. The van der Waals surface area contributed by atoms with E-state index in [0.29, 0.717) is 22.2 Å². The number of amidine groups is 1. The van der Waals surface area contributed by atoms with Gasteiger partial charge < -0.3 is 10.1 Å². The van der Waals surface area contributed by atoms with E-state index < -0.39 is 5.91 Å². The van der Waals surface area contributed by atoms with Crippen molar-refractivity contribution >= 4 is 34.4 Å². The highest BCUT2D eigenvalue weighted by molar-refractivity contribution is 8.18. The molecule has 3 aromatic carbocycles. The van der Waals surface area contributed by atoms with E-state index in [-0.39, 0.29) is 35.5 Å². The van der Waals surface area contributed by atoms with E-state index in [4.69, 9.17) is 4.74 Å². The highest BCUT2D eigenvalue weighted by atomic mass is 32.2. The smallest absolute Gasteiger partial charge is 0.267 e. The molecule has 0 saturated carbocycles. The van der Waals surface area contributed by atoms with Gasteiger partial charge in [-0.15, -0.1) is 0 Å². The second kappa shape index (κ2) is 11.0. The van der Waals surface area contributed by atoms with Crippen LogP contribution < -0.4 is 10.1 Å². The largest absolute Gasteiger partial charge is 0.497 e. The second-order valence-corrected chi connectivity index (χ2v) is 8.58. The van der Waals surface area contributed by atoms with Crippen molar-refractivity contribution in [2.45, 2.75) is 13.1 Å². The number of ether oxygens (including phenoxy) is 1. The van der Waals surface area contributed by atoms with Gasteiger partial charge in [0.15, 0.2) is 5.17 Å². The average molecular weight is 494 g/mol. The van der Waals surface area contributed by atoms with Crippen LogP contribution in [0, 0.1) is 11.6 Å². The molecule has 1 aliphatic rings. The van der Waals surface area contributed by atoms with Crippen LogP contribution in [-0.2, 0) is 22.7 Å². The summed E-state index contributed by atoms with van der Waals surface area (Å²) in [6.45, 7) is 0.382. The fourth-order valence-corrected chi connectivity index (χ4v) is 4.21. The van der Waals surface area contributed by atoms with Crippen molar-refractivity contribution in [3.05, 3.63) is 107 Å². The highest BCUT2D eigenvalue weighted by Crippen LogP contribution is 2.32. The minimum Gasteiger partial charge on any atom is -0.497 e. The van der Waals surface area contributed by atoms with Crippen LogP contribution in [0.1, 0.15) is 11.1 Å². The van der Waals surface area contributed by atoms with Crippen molar-refractivity contribution in [3.63, 3.8) is 0 Å². The van der Waals surface area contributed by atoms with Crippen molar-refractivity contribution < 1.29 is 23.1 Å². The molecular weight excluding hydrogens is 472 g/mol. The van der Waals surface area contributed by atoms with Crippen molar-refractivity contribution in [2.75, 3.05) is 12.4 Å². The number of thioether (sulfide) groups is 1. The summed E-state index contributed by atoms with van der Waals surface area (Å²) in [6.07, 6.45) is 1.23. The molecule has 1 fully saturated rings. The predicted molar refractivity (Wildman–Crippen MR) is 132 cm³/mol. The lowest BCUT2D eigenvalue weighted by atomic mass is 10.2. The number of nitrogens with zero attached hydrogens (tertiary/aromatic N) is 2. The monoisotopic (exact) mass is 493 g/mol. The number of methoxy groups -OCH3 is 1. The predicted octanol–water partition coefficient (Wildman–Crippen LogP) is 5.13. The zero-order chi connectivity index (χ0) is 24.8. The quantitative estimate of drug-likeness (QED) is 0.464. The summed E-state index contributed by atoms with van der Waals surface area (Å²) in [5.74, 6) is -0.925. The van der Waals surface area contributed by atoms with Gasteiger partial charge in [-0.2, -0.15) is 0 Å². The lowest BCUT2D eigenvalue weighted by Crippen LogP contribution is -2.29. The number of aliphatic imine (C=N–C) groups is 1. The van der Waals surface area contributed by atoms with Gasteiger partial charge >= 0.3 is 0 Å². The Morgan fingerprint density at radius 1 is 0.971 bits per heavy atom. The summed E-state index contributed by atoms with van der Waals surface area (Å²) in [5, 5.41) is 3.11. The van der Waals surface area contributed by atoms with Crippen LogP contribution in [0.4, 0.5) is 14.5 Å². The Balaban J connectivity index is 1.54. The van der Waals surface area contributed by atoms with E-state index in [0.717, 1.165) is 17.3 Å². The first-order chi connectivity index (χ1) is 16.9. The molecule has 0 bridgehead atoms. The standard InChI is InChI=1S/C26H21F2N3O3S/c1-34-22-12-10-21(11-13-22)30-24(32)14-23-25(33)31(16-18-4-8-20(28)9-5-18)26(35-23)29-15-17-2-6-19(27)7-3-17/h2-14H,15-16H2,1H3,(H,30,32)/b23-14+,29-26?. The summed E-state index contributed by atoms with van der Waals surface area (Å²) in [5.41, 5.74) is 2.03. The number of carbonyl (C=O) groups excluding carboxylic acids is 2. The molecule has 1 saturated heterocycles. The molecule has 35 heavy (non-hydrogen) atoms. The Morgan fingerprint density at radius 2 is 1.57 bits per heavy atom. The maximum absolute atomic E-state index is 13.3. The number of benzene rings is 3. The van der Waals surface area contributed by atoms with E-state index in [2.05, 4.69) is 10.3 Å². The Kier molecular flexibility index (Phi) is 7.57. The van der Waals surface area contributed by atoms with E-state index in [9.17, 15) is 18.4 Å². The van der Waals surface area contributed by atoms with Gasteiger partial charge in [0.2, 0.25) is 5.91 Å². The molecule has 1 aliphatic heterocycles. The van der Waals surface area contributed by atoms with Gasteiger partial charge in [0.05, 0.1) is 25.1 Å². The van der Waals surface area contributed by atoms with Gasteiger partial charge in [0.1, 0.15) is 17.4 Å². The van der Waals surface area contributed by atoms with E-state index in [1.807, 2.05) is 0 Å². The molecule has 0 atom stereocenters. The summed E-state index contributed by atoms with van der Waals surface area (Å²) in [4.78, 5) is 31.9. The fraction of sp³-hybridized carbons (Fsp3) is 0.115. The van der Waals surface area contributed by atoms with Gasteiger partial charge in [0.25, 0.3) is 5.91 Å². The van der Waals surface area contributed by atoms with Crippen LogP contribution in [0.3, 0.4) is 0 Å². The van der Waals surface area contributed by atoms with Gasteiger partial charge in [-0.05, 0) is 71.4 Å². The number of rotatable bonds is 7. The zero-order valence-electron chi connectivity index (χ0n) is 18.7. The van der Waals surface area contributed by atoms with Gasteiger partial charge in [0, 0.05) is 11.8 Å². The van der Waals surface area contributed by atoms with Gasteiger partial charge in [-0.25, -0.2) is 8.78 Å². The first-order valence-corrected chi connectivity index (χ1v) is 11.4. The van der Waals surface area contributed by atoms with E-state index in [1.165, 1.54) is 35.2 Å². The molecule has 1 N–H and O–H groups in total. The number of nitrogens with one attached hydrogen (secondary N) is 1. The van der Waals surface area contributed by atoms with Gasteiger partial charge in [-0.1, -0.05) is 24.3 Å². The van der Waals surface area contributed by atoms with Gasteiger partial charge in [-0.3, -0.25) is 19.5 Å². The van der Waals surface area contributed by atoms with Crippen LogP contribution in [0.25, 0.3) is 0 Å². The Hall–Kier alpha value is -3.98. The average Bonchev–Trinajstić information content (AvgIpc) is 3.14. The van der Waals surface area contributed by atoms with E-state index >= 15 is 0 Å². The van der Waals surface area contributed by atoms with Crippen molar-refractivity contribution in [3.8, 4) is 5.75 Å². The van der Waals surface area contributed by atoms with Crippen molar-refractivity contribution in [1.29, 1.82) is 0 Å². The third-order valence-electron chi connectivity index (χ3n) is 5.07. The lowest BCUT2D eigenvalue weighted by Gasteiger charge is -2.15. The normalized spacial score (nSPS) is 15.6. The molecule has 178 valence electrons. The third kappa shape index (κ3) is 6.33. The Morgan fingerprint density at radius 3 is 2.17 bits per heavy atom. The maximum atomic E-state index is 13.3. The molecule has 0 aromatic heterocycles. The highest BCUT2D eigenvalue weighted by Gasteiger charge is 2.34. The maximum Gasteiger partial charge on any atom is 0.267 e. The third-order valence-corrected chi connectivity index (χ3v) is 6.12. The number of hydrogen-bond donors (Lipinski definition) is 1. The summed E-state index contributed by atoms with van der Waals surface area (Å²) < 4.78 is 31.6. The molecule has 0 unspecified atom stereocenters. The van der Waals surface area contributed by atoms with Crippen molar-refractivity contribution in [2.24, 2.45) is 4.99 Å². The fourth-order valence-electron chi connectivity index (χ4n) is 3.26. The molecule has 6 nitrogen and oxygen atoms in total. The van der Waals surface area contributed by atoms with Crippen molar-refractivity contribution in [1.82, 2.24) is 4.90 Å². The van der Waals surface area contributed by atoms with Crippen LogP contribution in [0.15, 0.2) is 88.8 Å². The molecule has 1 heterocycles. The zero-order valence-corrected chi connectivity index (χ0v) is 19.5. The molecule has 0 aliphatic carbocycles. The molecule has 2 amide bonds. The van der Waals surface area contributed by atoms with Crippen LogP contribution in [0.5, 0.6) is 5.75 Å². The van der Waals surface area contributed by atoms with Crippen LogP contribution in [-0.4, -0.2) is 29.0 Å². The van der Waals surface area contributed by atoms with E-state index in [1.54, 1.807) is 55.6 Å². The number of amides is 2. The second-order valence-electron chi connectivity index (χ2n) is 7.57. The Labute approximate surface area is 205 Å². The molecule has 0 radical (unpaired) electrons. The number of anilines is 1. The molecule has 0 spiro atoms. The summed E-state index contributed by atoms with van der Waals surface area (Å²) in [7, 11) is 1.55. The minimum atomic E-state index is -0.465. The molecule has 4 rings (SSSR count). The van der Waals surface area contributed by atoms with Crippen LogP contribution in [0.2, 0.25) is 0 Å². The Bertz CT molecular complexity index is 1270. The number of halogens is 2. The van der Waals surface area contributed by atoms with Crippen LogP contribution >= 0.6 is 11.8 Å². The topological polar surface area (TPSA) is 71.0 Å². The lowest BCUT2D eigenvalue weighted by molar-refractivity contribution is -0.123. The summed E-state index contributed by atoms with van der Waals surface area (Å²) >= 11 is 1.08. The molecule has 3 aromatic rings. The molecular formula is C26H21F2N3O3S. The number of hydrogen-bond acceptors (Lipinski definition) is 5. The SMILES string of the molecule is COc1ccc(NC(=O)/C=C2/SC(=NCc3ccc(F)cc3)N(Cc3ccc(F)cc3)C2=O)cc1. The first kappa shape index (κ1) is 24.2. The summed E-state index contributed by atoms with van der Waals surface area (Å²) in [6, 6.07) is 18.5. The first-order valence-electron chi connectivity index (χ1n) is 10.6. The number of carbonyl (C=O) groups is 2. The minimum absolute atomic E-state index is 0.159.